The SMILES string of the molecule is Cc1ccc([C@H]2[C@H](c3ccccn3)NC(=S)N2CCCN2CCOCC2)o1. The van der Waals surface area contributed by atoms with Gasteiger partial charge in [-0.25, -0.2) is 0 Å². The number of furan rings is 1. The summed E-state index contributed by atoms with van der Waals surface area (Å²) in [6, 6.07) is 10.1. The Morgan fingerprint density at radius 2 is 2.04 bits per heavy atom. The van der Waals surface area contributed by atoms with E-state index in [1.807, 2.05) is 37.4 Å². The van der Waals surface area contributed by atoms with Crippen LogP contribution in [0.15, 0.2) is 40.9 Å². The molecule has 4 heterocycles. The molecule has 0 saturated carbocycles. The second-order valence-corrected chi connectivity index (χ2v) is 7.46. The summed E-state index contributed by atoms with van der Waals surface area (Å²) in [6.45, 7) is 7.61. The Balaban J connectivity index is 1.50. The van der Waals surface area contributed by atoms with Gasteiger partial charge in [-0.05, 0) is 49.8 Å². The molecule has 2 aliphatic rings. The minimum absolute atomic E-state index is 0.00682. The average molecular weight is 387 g/mol. The predicted octanol–water partition coefficient (Wildman–Crippen LogP) is 2.68. The molecule has 0 aromatic carbocycles. The summed E-state index contributed by atoms with van der Waals surface area (Å²) in [6.07, 6.45) is 2.87. The van der Waals surface area contributed by atoms with Gasteiger partial charge in [-0.2, -0.15) is 0 Å². The van der Waals surface area contributed by atoms with Crippen LogP contribution in [0.4, 0.5) is 0 Å². The summed E-state index contributed by atoms with van der Waals surface area (Å²) >= 11 is 5.68. The first-order chi connectivity index (χ1) is 13.2. The van der Waals surface area contributed by atoms with Crippen LogP contribution in [0, 0.1) is 6.92 Å². The van der Waals surface area contributed by atoms with Gasteiger partial charge in [0.25, 0.3) is 0 Å². The van der Waals surface area contributed by atoms with E-state index in [1.54, 1.807) is 0 Å². The lowest BCUT2D eigenvalue weighted by Gasteiger charge is -2.29. The molecule has 0 spiro atoms. The molecule has 2 fully saturated rings. The standard InChI is InChI=1S/C20H26N4O2S/c1-15-6-7-17(26-15)19-18(16-5-2-3-8-21-16)22-20(27)24(19)10-4-9-23-11-13-25-14-12-23/h2-3,5-8,18-19H,4,9-14H2,1H3,(H,22,27)/t18-,19-/m0/s1. The van der Waals surface area contributed by atoms with Crippen molar-refractivity contribution in [3.63, 3.8) is 0 Å². The molecule has 2 saturated heterocycles. The van der Waals surface area contributed by atoms with Gasteiger partial charge in [0.15, 0.2) is 5.11 Å². The van der Waals surface area contributed by atoms with Crippen LogP contribution >= 0.6 is 12.2 Å². The molecular formula is C20H26N4O2S. The summed E-state index contributed by atoms with van der Waals surface area (Å²) in [5, 5.41) is 4.24. The summed E-state index contributed by atoms with van der Waals surface area (Å²) < 4.78 is 11.4. The molecule has 0 radical (unpaired) electrons. The van der Waals surface area contributed by atoms with Crippen molar-refractivity contribution in [2.24, 2.45) is 0 Å². The highest BCUT2D eigenvalue weighted by Crippen LogP contribution is 2.39. The van der Waals surface area contributed by atoms with E-state index in [4.69, 9.17) is 21.4 Å². The van der Waals surface area contributed by atoms with Gasteiger partial charge in [-0.1, -0.05) is 6.07 Å². The first-order valence-corrected chi connectivity index (χ1v) is 9.98. The van der Waals surface area contributed by atoms with Crippen LogP contribution in [0.1, 0.15) is 35.7 Å². The van der Waals surface area contributed by atoms with E-state index in [1.165, 1.54) is 0 Å². The minimum Gasteiger partial charge on any atom is -0.464 e. The van der Waals surface area contributed by atoms with Crippen LogP contribution in [0.25, 0.3) is 0 Å². The van der Waals surface area contributed by atoms with Crippen molar-refractivity contribution in [3.05, 3.63) is 53.7 Å². The number of aryl methyl sites for hydroxylation is 1. The number of rotatable bonds is 6. The molecule has 0 amide bonds. The fourth-order valence-electron chi connectivity index (χ4n) is 3.86. The van der Waals surface area contributed by atoms with Crippen LogP contribution in [0.5, 0.6) is 0 Å². The highest BCUT2D eigenvalue weighted by Gasteiger charge is 2.41. The van der Waals surface area contributed by atoms with Crippen LogP contribution < -0.4 is 5.32 Å². The number of nitrogens with one attached hydrogen (secondary N) is 1. The topological polar surface area (TPSA) is 53.8 Å². The smallest absolute Gasteiger partial charge is 0.170 e. The number of ether oxygens (including phenoxy) is 1. The van der Waals surface area contributed by atoms with Gasteiger partial charge in [-0.3, -0.25) is 9.88 Å². The monoisotopic (exact) mass is 386 g/mol. The normalized spacial score (nSPS) is 23.6. The molecule has 0 bridgehead atoms. The van der Waals surface area contributed by atoms with Gasteiger partial charge < -0.3 is 19.4 Å². The second kappa shape index (κ2) is 8.37. The molecule has 2 aromatic heterocycles. The molecule has 1 N–H and O–H groups in total. The number of aromatic nitrogens is 1. The lowest BCUT2D eigenvalue weighted by Crippen LogP contribution is -2.38. The molecule has 6 nitrogen and oxygen atoms in total. The van der Waals surface area contributed by atoms with E-state index in [0.717, 1.165) is 68.1 Å². The van der Waals surface area contributed by atoms with E-state index in [2.05, 4.69) is 26.2 Å². The maximum Gasteiger partial charge on any atom is 0.170 e. The zero-order valence-electron chi connectivity index (χ0n) is 15.6. The Hall–Kier alpha value is -1.96. The summed E-state index contributed by atoms with van der Waals surface area (Å²) in [5.74, 6) is 1.85. The number of thiocarbonyl (C=S) groups is 1. The van der Waals surface area contributed by atoms with Gasteiger partial charge in [0, 0.05) is 32.4 Å². The molecule has 2 aromatic rings. The molecule has 27 heavy (non-hydrogen) atoms. The maximum absolute atomic E-state index is 6.00. The molecular weight excluding hydrogens is 360 g/mol. The van der Waals surface area contributed by atoms with Gasteiger partial charge in [0.05, 0.1) is 24.9 Å². The highest BCUT2D eigenvalue weighted by molar-refractivity contribution is 7.80. The van der Waals surface area contributed by atoms with Crippen molar-refractivity contribution < 1.29 is 9.15 Å². The van der Waals surface area contributed by atoms with Crippen molar-refractivity contribution in [1.29, 1.82) is 0 Å². The molecule has 144 valence electrons. The molecule has 4 rings (SSSR count). The molecule has 0 aliphatic carbocycles. The second-order valence-electron chi connectivity index (χ2n) is 7.08. The Labute approximate surface area is 165 Å². The molecule has 2 atom stereocenters. The van der Waals surface area contributed by atoms with Crippen molar-refractivity contribution in [2.75, 3.05) is 39.4 Å². The Kier molecular flexibility index (Phi) is 5.71. The van der Waals surface area contributed by atoms with E-state index >= 15 is 0 Å². The number of pyridine rings is 1. The van der Waals surface area contributed by atoms with E-state index < -0.39 is 0 Å². The number of nitrogens with zero attached hydrogens (tertiary/aromatic N) is 3. The molecule has 2 aliphatic heterocycles. The Morgan fingerprint density at radius 3 is 2.74 bits per heavy atom. The third-order valence-electron chi connectivity index (χ3n) is 5.23. The number of morpholine rings is 1. The first-order valence-electron chi connectivity index (χ1n) is 9.57. The van der Waals surface area contributed by atoms with Gasteiger partial charge >= 0.3 is 0 Å². The van der Waals surface area contributed by atoms with E-state index in [-0.39, 0.29) is 12.1 Å². The van der Waals surface area contributed by atoms with Gasteiger partial charge in [0.1, 0.15) is 17.6 Å². The van der Waals surface area contributed by atoms with Crippen LogP contribution in [-0.4, -0.2) is 59.3 Å². The minimum atomic E-state index is -0.00682. The van der Waals surface area contributed by atoms with Crippen molar-refractivity contribution in [2.45, 2.75) is 25.4 Å². The number of hydrogen-bond acceptors (Lipinski definition) is 5. The third-order valence-corrected chi connectivity index (χ3v) is 5.58. The molecule has 0 unspecified atom stereocenters. The number of hydrogen-bond donors (Lipinski definition) is 1. The van der Waals surface area contributed by atoms with Crippen molar-refractivity contribution in [1.82, 2.24) is 20.1 Å². The zero-order chi connectivity index (χ0) is 18.6. The highest BCUT2D eigenvalue weighted by atomic mass is 32.1. The average Bonchev–Trinajstić information content (AvgIpc) is 3.27. The summed E-state index contributed by atoms with van der Waals surface area (Å²) in [5.41, 5.74) is 0.981. The third kappa shape index (κ3) is 4.15. The van der Waals surface area contributed by atoms with E-state index in [0.29, 0.717) is 0 Å². The molecule has 7 heteroatoms. The fourth-order valence-corrected chi connectivity index (χ4v) is 4.19. The fraction of sp³-hybridized carbons (Fsp3) is 0.500. The van der Waals surface area contributed by atoms with Gasteiger partial charge in [0.2, 0.25) is 0 Å². The lowest BCUT2D eigenvalue weighted by atomic mass is 10.0. The maximum atomic E-state index is 6.00. The van der Waals surface area contributed by atoms with Crippen molar-refractivity contribution >= 4 is 17.3 Å². The Bertz CT molecular complexity index is 760. The lowest BCUT2D eigenvalue weighted by molar-refractivity contribution is 0.0365. The van der Waals surface area contributed by atoms with Gasteiger partial charge in [-0.15, -0.1) is 0 Å². The van der Waals surface area contributed by atoms with E-state index in [9.17, 15) is 0 Å². The van der Waals surface area contributed by atoms with Crippen LogP contribution in [0.3, 0.4) is 0 Å². The van der Waals surface area contributed by atoms with Crippen LogP contribution in [0.2, 0.25) is 0 Å². The quantitative estimate of drug-likeness (QED) is 0.766. The van der Waals surface area contributed by atoms with Crippen LogP contribution in [-0.2, 0) is 4.74 Å². The zero-order valence-corrected chi connectivity index (χ0v) is 16.5. The predicted molar refractivity (Wildman–Crippen MR) is 107 cm³/mol. The largest absolute Gasteiger partial charge is 0.464 e. The van der Waals surface area contributed by atoms with Crippen molar-refractivity contribution in [3.8, 4) is 0 Å². The summed E-state index contributed by atoms with van der Waals surface area (Å²) in [7, 11) is 0. The summed E-state index contributed by atoms with van der Waals surface area (Å²) in [4.78, 5) is 9.27. The Morgan fingerprint density at radius 1 is 1.19 bits per heavy atom. The first kappa shape index (κ1) is 18.4.